The summed E-state index contributed by atoms with van der Waals surface area (Å²) >= 11 is 0. The van der Waals surface area contributed by atoms with Crippen LogP contribution in [-0.2, 0) is 16.1 Å². The summed E-state index contributed by atoms with van der Waals surface area (Å²) in [4.78, 5) is 14.5. The molecule has 0 bridgehead atoms. The molecule has 1 aromatic rings. The summed E-state index contributed by atoms with van der Waals surface area (Å²) in [5, 5.41) is 6.27. The van der Waals surface area contributed by atoms with Gasteiger partial charge in [-0.15, -0.1) is 0 Å². The maximum atomic E-state index is 12.1. The molecule has 5 nitrogen and oxygen atoms in total. The third-order valence-corrected chi connectivity index (χ3v) is 4.50. The Morgan fingerprint density at radius 2 is 2.09 bits per heavy atom. The van der Waals surface area contributed by atoms with Crippen LogP contribution >= 0.6 is 0 Å². The topological polar surface area (TPSA) is 53.6 Å². The van der Waals surface area contributed by atoms with Crippen LogP contribution in [0.25, 0.3) is 0 Å². The van der Waals surface area contributed by atoms with Gasteiger partial charge in [0.1, 0.15) is 0 Å². The van der Waals surface area contributed by atoms with Crippen LogP contribution in [0.15, 0.2) is 18.2 Å². The zero-order chi connectivity index (χ0) is 16.1. The number of hydrogen-bond donors (Lipinski definition) is 2. The first-order chi connectivity index (χ1) is 11.2. The quantitative estimate of drug-likeness (QED) is 0.805. The van der Waals surface area contributed by atoms with E-state index in [1.165, 1.54) is 18.4 Å². The molecule has 2 fully saturated rings. The van der Waals surface area contributed by atoms with E-state index in [0.29, 0.717) is 6.54 Å². The molecule has 0 radical (unpaired) electrons. The largest absolute Gasteiger partial charge is 0.379 e. The van der Waals surface area contributed by atoms with Gasteiger partial charge in [-0.2, -0.15) is 0 Å². The molecule has 2 N–H and O–H groups in total. The van der Waals surface area contributed by atoms with Crippen molar-refractivity contribution in [3.63, 3.8) is 0 Å². The third kappa shape index (κ3) is 5.30. The van der Waals surface area contributed by atoms with Crippen molar-refractivity contribution in [2.75, 3.05) is 44.7 Å². The van der Waals surface area contributed by atoms with Gasteiger partial charge in [-0.05, 0) is 49.4 Å². The van der Waals surface area contributed by atoms with E-state index in [1.54, 1.807) is 0 Å². The molecule has 1 aliphatic heterocycles. The van der Waals surface area contributed by atoms with E-state index >= 15 is 0 Å². The van der Waals surface area contributed by atoms with E-state index < -0.39 is 0 Å². The second-order valence-electron chi connectivity index (χ2n) is 6.66. The van der Waals surface area contributed by atoms with E-state index in [1.807, 2.05) is 6.92 Å². The fourth-order valence-corrected chi connectivity index (χ4v) is 2.83. The third-order valence-electron chi connectivity index (χ3n) is 4.50. The van der Waals surface area contributed by atoms with Crippen molar-refractivity contribution in [3.05, 3.63) is 29.3 Å². The van der Waals surface area contributed by atoms with Crippen LogP contribution in [0.2, 0.25) is 0 Å². The highest BCUT2D eigenvalue weighted by molar-refractivity contribution is 5.93. The fraction of sp³-hybridized carbons (Fsp3) is 0.611. The Bertz CT molecular complexity index is 537. The molecule has 0 spiro atoms. The van der Waals surface area contributed by atoms with Gasteiger partial charge in [-0.3, -0.25) is 9.69 Å². The molecule has 1 aromatic carbocycles. The average Bonchev–Trinajstić information content (AvgIpc) is 3.36. The van der Waals surface area contributed by atoms with E-state index in [0.717, 1.165) is 56.6 Å². The molecular formula is C18H27N3O2. The molecule has 5 heteroatoms. The molecular weight excluding hydrogens is 290 g/mol. The smallest absolute Gasteiger partial charge is 0.238 e. The predicted octanol–water partition coefficient (Wildman–Crippen LogP) is 1.77. The SMILES string of the molecule is Cc1ccc(CN2CCOCC2)cc1NC(=O)CNCC1CC1. The van der Waals surface area contributed by atoms with Crippen LogP contribution in [0, 0.1) is 12.8 Å². The fourth-order valence-electron chi connectivity index (χ4n) is 2.83. The van der Waals surface area contributed by atoms with Crippen molar-refractivity contribution in [2.24, 2.45) is 5.92 Å². The van der Waals surface area contributed by atoms with Crippen LogP contribution < -0.4 is 10.6 Å². The number of carbonyl (C=O) groups excluding carboxylic acids is 1. The van der Waals surface area contributed by atoms with Crippen molar-refractivity contribution in [1.82, 2.24) is 10.2 Å². The zero-order valence-corrected chi connectivity index (χ0v) is 13.9. The van der Waals surface area contributed by atoms with Gasteiger partial charge in [0, 0.05) is 25.3 Å². The van der Waals surface area contributed by atoms with Gasteiger partial charge >= 0.3 is 0 Å². The molecule has 2 aliphatic rings. The highest BCUT2D eigenvalue weighted by Crippen LogP contribution is 2.27. The molecule has 1 saturated heterocycles. The summed E-state index contributed by atoms with van der Waals surface area (Å²) < 4.78 is 5.39. The van der Waals surface area contributed by atoms with Gasteiger partial charge in [0.2, 0.25) is 5.91 Å². The van der Waals surface area contributed by atoms with E-state index in [-0.39, 0.29) is 5.91 Å². The van der Waals surface area contributed by atoms with E-state index in [9.17, 15) is 4.79 Å². The number of anilines is 1. The lowest BCUT2D eigenvalue weighted by Crippen LogP contribution is -2.35. The average molecular weight is 317 g/mol. The number of carbonyl (C=O) groups is 1. The minimum atomic E-state index is 0.0391. The standard InChI is InChI=1S/C18H27N3O2/c1-14-2-3-16(13-21-6-8-23-9-7-21)10-17(14)20-18(22)12-19-11-15-4-5-15/h2-3,10,15,19H,4-9,11-13H2,1H3,(H,20,22). The Hall–Kier alpha value is -1.43. The molecule has 0 unspecified atom stereocenters. The van der Waals surface area contributed by atoms with Gasteiger partial charge in [-0.25, -0.2) is 0 Å². The molecule has 1 heterocycles. The molecule has 1 saturated carbocycles. The first-order valence-electron chi connectivity index (χ1n) is 8.61. The molecule has 126 valence electrons. The molecule has 23 heavy (non-hydrogen) atoms. The lowest BCUT2D eigenvalue weighted by molar-refractivity contribution is -0.115. The number of ether oxygens (including phenoxy) is 1. The van der Waals surface area contributed by atoms with Gasteiger partial charge in [0.05, 0.1) is 19.8 Å². The summed E-state index contributed by atoms with van der Waals surface area (Å²) in [6.45, 7) is 7.86. The maximum Gasteiger partial charge on any atom is 0.238 e. The maximum absolute atomic E-state index is 12.1. The number of morpholine rings is 1. The molecule has 0 aromatic heterocycles. The van der Waals surface area contributed by atoms with E-state index in [2.05, 4.69) is 33.7 Å². The number of hydrogen-bond acceptors (Lipinski definition) is 4. The predicted molar refractivity (Wildman–Crippen MR) is 91.5 cm³/mol. The highest BCUT2D eigenvalue weighted by Gasteiger charge is 2.20. The number of nitrogens with zero attached hydrogens (tertiary/aromatic N) is 1. The summed E-state index contributed by atoms with van der Waals surface area (Å²) in [5.41, 5.74) is 3.26. The molecule has 1 aliphatic carbocycles. The highest BCUT2D eigenvalue weighted by atomic mass is 16.5. The van der Waals surface area contributed by atoms with Crippen LogP contribution in [0.3, 0.4) is 0 Å². The van der Waals surface area contributed by atoms with Crippen LogP contribution in [0.5, 0.6) is 0 Å². The Morgan fingerprint density at radius 1 is 1.30 bits per heavy atom. The number of nitrogens with one attached hydrogen (secondary N) is 2. The van der Waals surface area contributed by atoms with Gasteiger partial charge in [0.15, 0.2) is 0 Å². The summed E-state index contributed by atoms with van der Waals surface area (Å²) in [6.07, 6.45) is 2.61. The monoisotopic (exact) mass is 317 g/mol. The van der Waals surface area contributed by atoms with Crippen LogP contribution in [0.4, 0.5) is 5.69 Å². The minimum Gasteiger partial charge on any atom is -0.379 e. The van der Waals surface area contributed by atoms with Crippen molar-refractivity contribution < 1.29 is 9.53 Å². The Balaban J connectivity index is 1.52. The Morgan fingerprint density at radius 3 is 2.83 bits per heavy atom. The van der Waals surface area contributed by atoms with E-state index in [4.69, 9.17) is 4.74 Å². The Labute approximate surface area is 138 Å². The Kier molecular flexibility index (Phi) is 5.65. The van der Waals surface area contributed by atoms with Crippen LogP contribution in [0.1, 0.15) is 24.0 Å². The lowest BCUT2D eigenvalue weighted by atomic mass is 10.1. The van der Waals surface area contributed by atoms with Crippen molar-refractivity contribution in [3.8, 4) is 0 Å². The molecule has 0 atom stereocenters. The van der Waals surface area contributed by atoms with Crippen molar-refractivity contribution in [1.29, 1.82) is 0 Å². The first-order valence-corrected chi connectivity index (χ1v) is 8.61. The minimum absolute atomic E-state index is 0.0391. The van der Waals surface area contributed by atoms with Crippen LogP contribution in [-0.4, -0.2) is 50.2 Å². The zero-order valence-electron chi connectivity index (χ0n) is 13.9. The lowest BCUT2D eigenvalue weighted by Gasteiger charge is -2.26. The van der Waals surface area contributed by atoms with Crippen molar-refractivity contribution >= 4 is 11.6 Å². The molecule has 1 amide bonds. The van der Waals surface area contributed by atoms with Gasteiger partial charge in [-0.1, -0.05) is 12.1 Å². The van der Waals surface area contributed by atoms with Gasteiger partial charge < -0.3 is 15.4 Å². The normalized spacial score (nSPS) is 18.8. The summed E-state index contributed by atoms with van der Waals surface area (Å²) in [6, 6.07) is 6.33. The molecule has 3 rings (SSSR count). The second kappa shape index (κ2) is 7.90. The second-order valence-corrected chi connectivity index (χ2v) is 6.66. The number of aryl methyl sites for hydroxylation is 1. The first kappa shape index (κ1) is 16.4. The van der Waals surface area contributed by atoms with Gasteiger partial charge in [0.25, 0.3) is 0 Å². The summed E-state index contributed by atoms with van der Waals surface area (Å²) in [5.74, 6) is 0.832. The number of amides is 1. The number of benzene rings is 1. The summed E-state index contributed by atoms with van der Waals surface area (Å²) in [7, 11) is 0. The van der Waals surface area contributed by atoms with Crippen molar-refractivity contribution in [2.45, 2.75) is 26.3 Å². The number of rotatable bonds is 7.